The van der Waals surface area contributed by atoms with Gasteiger partial charge in [0.1, 0.15) is 0 Å². The van der Waals surface area contributed by atoms with E-state index in [4.69, 9.17) is 0 Å². The molecule has 0 radical (unpaired) electrons. The Hall–Kier alpha value is -1.73. The summed E-state index contributed by atoms with van der Waals surface area (Å²) in [5.41, 5.74) is 0.520. The number of nitrogens with one attached hydrogen (secondary N) is 2. The Balaban J connectivity index is 2.49. The summed E-state index contributed by atoms with van der Waals surface area (Å²) in [6.07, 6.45) is -1.42. The highest BCUT2D eigenvalue weighted by Gasteiger charge is 2.29. The second kappa shape index (κ2) is 10.6. The zero-order valence-corrected chi connectivity index (χ0v) is 16.7. The summed E-state index contributed by atoms with van der Waals surface area (Å²) in [5.74, 6) is -0.315. The summed E-state index contributed by atoms with van der Waals surface area (Å²) in [4.78, 5) is 26.1. The monoisotopic (exact) mass is 391 g/mol. The number of piperidine rings is 1. The second-order valence-electron chi connectivity index (χ2n) is 7.48. The first-order valence-electron chi connectivity index (χ1n) is 9.66. The molecule has 0 aromatic rings. The van der Waals surface area contributed by atoms with E-state index >= 15 is 0 Å². The maximum atomic E-state index is 12.4. The molecule has 0 spiro atoms. The van der Waals surface area contributed by atoms with E-state index in [9.17, 15) is 22.8 Å². The quantitative estimate of drug-likeness (QED) is 0.683. The van der Waals surface area contributed by atoms with E-state index in [1.807, 2.05) is 25.7 Å². The fourth-order valence-corrected chi connectivity index (χ4v) is 3.09. The molecule has 0 aromatic carbocycles. The predicted molar refractivity (Wildman–Crippen MR) is 98.9 cm³/mol. The summed E-state index contributed by atoms with van der Waals surface area (Å²) in [5, 5.41) is 5.59. The summed E-state index contributed by atoms with van der Waals surface area (Å²) in [6.45, 7) is 8.48. The lowest BCUT2D eigenvalue weighted by atomic mass is 10.0. The Labute approximate surface area is 159 Å². The van der Waals surface area contributed by atoms with E-state index in [1.165, 1.54) is 0 Å². The summed E-state index contributed by atoms with van der Waals surface area (Å²) >= 11 is 0. The zero-order valence-electron chi connectivity index (χ0n) is 16.7. The van der Waals surface area contributed by atoms with Gasteiger partial charge in [0.15, 0.2) is 0 Å². The fourth-order valence-electron chi connectivity index (χ4n) is 3.09. The van der Waals surface area contributed by atoms with Gasteiger partial charge in [0.25, 0.3) is 0 Å². The Bertz CT molecular complexity index is 525. The van der Waals surface area contributed by atoms with Crippen LogP contribution in [0.4, 0.5) is 18.0 Å². The largest absolute Gasteiger partial charge is 0.389 e. The van der Waals surface area contributed by atoms with E-state index in [0.717, 1.165) is 0 Å². The number of urea groups is 1. The van der Waals surface area contributed by atoms with Crippen LogP contribution in [-0.2, 0) is 4.79 Å². The van der Waals surface area contributed by atoms with Crippen LogP contribution in [0.2, 0.25) is 0 Å². The van der Waals surface area contributed by atoms with Gasteiger partial charge in [0.2, 0.25) is 5.91 Å². The molecule has 5 nitrogen and oxygen atoms in total. The van der Waals surface area contributed by atoms with Crippen LogP contribution < -0.4 is 10.6 Å². The van der Waals surface area contributed by atoms with Crippen LogP contribution in [0.3, 0.4) is 0 Å². The molecule has 1 saturated heterocycles. The average Bonchev–Trinajstić information content (AvgIpc) is 2.58. The van der Waals surface area contributed by atoms with Crippen molar-refractivity contribution in [2.45, 2.75) is 72.0 Å². The molecule has 1 rings (SSSR count). The lowest BCUT2D eigenvalue weighted by Gasteiger charge is -2.33. The zero-order chi connectivity index (χ0) is 20.6. The lowest BCUT2D eigenvalue weighted by Crippen LogP contribution is -2.49. The molecule has 156 valence electrons. The van der Waals surface area contributed by atoms with Crippen LogP contribution >= 0.6 is 0 Å². The number of hydrogen-bond acceptors (Lipinski definition) is 2. The molecule has 0 saturated carbocycles. The number of allylic oxidation sites excluding steroid dienone is 2. The molecule has 8 heteroatoms. The summed E-state index contributed by atoms with van der Waals surface area (Å²) < 4.78 is 37.3. The Kier molecular flexibility index (Phi) is 9.12. The van der Waals surface area contributed by atoms with Crippen molar-refractivity contribution < 1.29 is 22.8 Å². The molecule has 0 aromatic heterocycles. The number of carbonyl (C=O) groups is 2. The molecular formula is C19H32F3N3O2. The minimum Gasteiger partial charge on any atom is -0.342 e. The Morgan fingerprint density at radius 2 is 1.78 bits per heavy atom. The molecule has 27 heavy (non-hydrogen) atoms. The van der Waals surface area contributed by atoms with Gasteiger partial charge < -0.3 is 15.5 Å². The second-order valence-corrected chi connectivity index (χ2v) is 7.48. The van der Waals surface area contributed by atoms with Crippen LogP contribution in [0.5, 0.6) is 0 Å². The number of alkyl halides is 3. The van der Waals surface area contributed by atoms with Crippen LogP contribution in [0.1, 0.15) is 59.8 Å². The van der Waals surface area contributed by atoms with Gasteiger partial charge in [-0.25, -0.2) is 4.79 Å². The van der Waals surface area contributed by atoms with Crippen LogP contribution in [-0.4, -0.2) is 42.1 Å². The summed E-state index contributed by atoms with van der Waals surface area (Å²) in [6, 6.07) is -0.447. The standard InChI is InChI=1S/C19H32F3N3O2/c1-5-6-16(14(4)7-10-19(20,21)22)24-18(27)23-15-8-11-25(12-9-15)17(26)13(2)3/h6,13-15H,5,7-12H2,1-4H3,(H2,23,24,27)/b16-6+/t14-/m1/s1. The number of likely N-dealkylation sites (tertiary alicyclic amines) is 1. The number of halogens is 3. The van der Waals surface area contributed by atoms with Crippen molar-refractivity contribution in [3.8, 4) is 0 Å². The minimum atomic E-state index is -4.20. The number of carbonyl (C=O) groups excluding carboxylic acids is 2. The highest BCUT2D eigenvalue weighted by Crippen LogP contribution is 2.26. The van der Waals surface area contributed by atoms with Gasteiger partial charge in [0.05, 0.1) is 0 Å². The van der Waals surface area contributed by atoms with Gasteiger partial charge in [-0.2, -0.15) is 13.2 Å². The van der Waals surface area contributed by atoms with Crippen molar-refractivity contribution in [2.24, 2.45) is 11.8 Å². The van der Waals surface area contributed by atoms with Crippen molar-refractivity contribution in [1.29, 1.82) is 0 Å². The van der Waals surface area contributed by atoms with Gasteiger partial charge in [-0.1, -0.05) is 33.8 Å². The Morgan fingerprint density at radius 1 is 1.19 bits per heavy atom. The van der Waals surface area contributed by atoms with E-state index in [-0.39, 0.29) is 30.2 Å². The molecule has 1 atom stereocenters. The number of nitrogens with zero attached hydrogens (tertiary/aromatic N) is 1. The average molecular weight is 391 g/mol. The van der Waals surface area contributed by atoms with E-state index in [0.29, 0.717) is 38.0 Å². The molecule has 0 unspecified atom stereocenters. The highest BCUT2D eigenvalue weighted by atomic mass is 19.4. The first-order valence-corrected chi connectivity index (χ1v) is 9.66. The van der Waals surface area contributed by atoms with Crippen LogP contribution in [0.15, 0.2) is 11.8 Å². The third-order valence-electron chi connectivity index (χ3n) is 4.71. The van der Waals surface area contributed by atoms with Gasteiger partial charge in [0, 0.05) is 37.2 Å². The van der Waals surface area contributed by atoms with Gasteiger partial charge in [-0.15, -0.1) is 0 Å². The maximum Gasteiger partial charge on any atom is 0.389 e. The van der Waals surface area contributed by atoms with Gasteiger partial charge >= 0.3 is 12.2 Å². The topological polar surface area (TPSA) is 61.4 Å². The summed E-state index contributed by atoms with van der Waals surface area (Å²) in [7, 11) is 0. The van der Waals surface area contributed by atoms with Crippen molar-refractivity contribution >= 4 is 11.9 Å². The lowest BCUT2D eigenvalue weighted by molar-refractivity contribution is -0.137. The molecule has 0 bridgehead atoms. The normalized spacial score (nSPS) is 17.8. The number of rotatable bonds is 7. The first kappa shape index (κ1) is 23.3. The third-order valence-corrected chi connectivity index (χ3v) is 4.71. The molecule has 0 aliphatic carbocycles. The first-order chi connectivity index (χ1) is 12.5. The van der Waals surface area contributed by atoms with Gasteiger partial charge in [-0.05, 0) is 31.6 Å². The SMILES string of the molecule is CC/C=C(/NC(=O)NC1CCN(C(=O)C(C)C)CC1)[C@H](C)CCC(F)(F)F. The van der Waals surface area contributed by atoms with Gasteiger partial charge in [-0.3, -0.25) is 4.79 Å². The molecule has 1 aliphatic heterocycles. The molecule has 1 fully saturated rings. The Morgan fingerprint density at radius 3 is 2.26 bits per heavy atom. The van der Waals surface area contributed by atoms with Crippen molar-refractivity contribution in [1.82, 2.24) is 15.5 Å². The molecule has 1 aliphatic rings. The van der Waals surface area contributed by atoms with Crippen molar-refractivity contribution in [3.05, 3.63) is 11.8 Å². The number of hydrogen-bond donors (Lipinski definition) is 2. The van der Waals surface area contributed by atoms with Crippen molar-refractivity contribution in [2.75, 3.05) is 13.1 Å². The minimum absolute atomic E-state index is 0.0438. The molecule has 1 heterocycles. The number of amides is 3. The van der Waals surface area contributed by atoms with Crippen molar-refractivity contribution in [3.63, 3.8) is 0 Å². The smallest absolute Gasteiger partial charge is 0.342 e. The highest BCUT2D eigenvalue weighted by molar-refractivity contribution is 5.78. The van der Waals surface area contributed by atoms with Crippen LogP contribution in [0, 0.1) is 11.8 Å². The van der Waals surface area contributed by atoms with Crippen LogP contribution in [0.25, 0.3) is 0 Å². The van der Waals surface area contributed by atoms with E-state index in [1.54, 1.807) is 13.0 Å². The molecule has 2 N–H and O–H groups in total. The molecular weight excluding hydrogens is 359 g/mol. The van der Waals surface area contributed by atoms with E-state index in [2.05, 4.69) is 10.6 Å². The third kappa shape index (κ3) is 8.67. The fraction of sp³-hybridized carbons (Fsp3) is 0.789. The molecule has 3 amide bonds. The van der Waals surface area contributed by atoms with E-state index < -0.39 is 18.6 Å². The predicted octanol–water partition coefficient (Wildman–Crippen LogP) is 4.21. The maximum absolute atomic E-state index is 12.4.